The molecule has 38 heavy (non-hydrogen) atoms. The standard InChI is InChI=1S/C30H28BrNO6/c1-4-14-38-30(36)20-10-8-19(9-11-20)17-32-26(21-7-5-6-18(2)15-21)25(28(34)29(32)35)27(33)22-12-13-24(37-3)23(31)16-22/h5-13,15-16,26,33H,4,14,17H2,1-3H3/b27-25-. The van der Waals surface area contributed by atoms with Crippen molar-refractivity contribution in [2.75, 3.05) is 13.7 Å². The number of Topliss-reactive ketones (excluding diaryl/α,β-unsaturated/α-hetero) is 1. The highest BCUT2D eigenvalue weighted by atomic mass is 79.9. The monoisotopic (exact) mass is 577 g/mol. The Labute approximate surface area is 229 Å². The number of halogens is 1. The predicted molar refractivity (Wildman–Crippen MR) is 147 cm³/mol. The first kappa shape index (κ1) is 27.1. The van der Waals surface area contributed by atoms with Crippen LogP contribution in [0.2, 0.25) is 0 Å². The maximum absolute atomic E-state index is 13.3. The number of ether oxygens (including phenoxy) is 2. The fraction of sp³-hybridized carbons (Fsp3) is 0.233. The first-order chi connectivity index (χ1) is 18.2. The van der Waals surface area contributed by atoms with Crippen LogP contribution < -0.4 is 4.74 Å². The molecule has 196 valence electrons. The Morgan fingerprint density at radius 1 is 1.03 bits per heavy atom. The summed E-state index contributed by atoms with van der Waals surface area (Å²) in [6, 6.07) is 18.4. The van der Waals surface area contributed by atoms with Crippen molar-refractivity contribution in [3.05, 3.63) is 105 Å². The van der Waals surface area contributed by atoms with Gasteiger partial charge >= 0.3 is 5.97 Å². The number of carbonyl (C=O) groups excluding carboxylic acids is 3. The fourth-order valence-corrected chi connectivity index (χ4v) is 4.96. The second-order valence-corrected chi connectivity index (χ2v) is 9.88. The van der Waals surface area contributed by atoms with E-state index in [9.17, 15) is 19.5 Å². The molecular formula is C30H28BrNO6. The van der Waals surface area contributed by atoms with E-state index >= 15 is 0 Å². The number of ketones is 1. The molecule has 0 aliphatic carbocycles. The third-order valence-corrected chi connectivity index (χ3v) is 6.92. The van der Waals surface area contributed by atoms with E-state index in [4.69, 9.17) is 9.47 Å². The second kappa shape index (κ2) is 11.6. The lowest BCUT2D eigenvalue weighted by Crippen LogP contribution is -2.29. The largest absolute Gasteiger partial charge is 0.507 e. The molecule has 0 radical (unpaired) electrons. The summed E-state index contributed by atoms with van der Waals surface area (Å²) in [5.41, 5.74) is 3.18. The molecule has 1 aliphatic heterocycles. The molecule has 4 rings (SSSR count). The van der Waals surface area contributed by atoms with Gasteiger partial charge < -0.3 is 19.5 Å². The molecule has 1 N–H and O–H groups in total. The number of benzene rings is 3. The molecule has 8 heteroatoms. The number of aryl methyl sites for hydroxylation is 1. The Balaban J connectivity index is 1.75. The second-order valence-electron chi connectivity index (χ2n) is 9.02. The summed E-state index contributed by atoms with van der Waals surface area (Å²) in [4.78, 5) is 40.3. The molecule has 0 bridgehead atoms. The molecule has 1 saturated heterocycles. The average Bonchev–Trinajstić information content (AvgIpc) is 3.16. The molecule has 1 aliphatic rings. The van der Waals surface area contributed by atoms with Crippen LogP contribution in [-0.2, 0) is 20.9 Å². The molecule has 0 saturated carbocycles. The van der Waals surface area contributed by atoms with Gasteiger partial charge in [0.05, 0.1) is 35.4 Å². The number of aliphatic hydroxyl groups excluding tert-OH is 1. The van der Waals surface area contributed by atoms with Crippen LogP contribution in [0.5, 0.6) is 5.75 Å². The first-order valence-electron chi connectivity index (χ1n) is 12.2. The van der Waals surface area contributed by atoms with Gasteiger partial charge in [0.25, 0.3) is 11.7 Å². The summed E-state index contributed by atoms with van der Waals surface area (Å²) in [5, 5.41) is 11.3. The fourth-order valence-electron chi connectivity index (χ4n) is 4.42. The SMILES string of the molecule is CCCOC(=O)c1ccc(CN2C(=O)C(=O)/C(=C(\O)c3ccc(OC)c(Br)c3)C2c2cccc(C)c2)cc1. The number of carbonyl (C=O) groups is 3. The van der Waals surface area contributed by atoms with Gasteiger partial charge in [0.15, 0.2) is 0 Å². The van der Waals surface area contributed by atoms with Gasteiger partial charge in [-0.2, -0.15) is 0 Å². The third-order valence-electron chi connectivity index (χ3n) is 6.30. The number of methoxy groups -OCH3 is 1. The lowest BCUT2D eigenvalue weighted by molar-refractivity contribution is -0.140. The maximum atomic E-state index is 13.3. The predicted octanol–water partition coefficient (Wildman–Crippen LogP) is 5.95. The number of hydrogen-bond donors (Lipinski definition) is 1. The van der Waals surface area contributed by atoms with Gasteiger partial charge in [-0.15, -0.1) is 0 Å². The lowest BCUT2D eigenvalue weighted by Gasteiger charge is -2.26. The van der Waals surface area contributed by atoms with Crippen LogP contribution >= 0.6 is 15.9 Å². The van der Waals surface area contributed by atoms with Crippen molar-refractivity contribution in [2.45, 2.75) is 32.9 Å². The van der Waals surface area contributed by atoms with E-state index in [2.05, 4.69) is 15.9 Å². The highest BCUT2D eigenvalue weighted by Gasteiger charge is 2.46. The zero-order valence-corrected chi connectivity index (χ0v) is 22.9. The molecule has 7 nitrogen and oxygen atoms in total. The van der Waals surface area contributed by atoms with Crippen LogP contribution in [0.1, 0.15) is 52.0 Å². The molecule has 1 heterocycles. The Kier molecular flexibility index (Phi) is 8.32. The quantitative estimate of drug-likeness (QED) is 0.154. The number of esters is 1. The maximum Gasteiger partial charge on any atom is 0.338 e. The minimum atomic E-state index is -0.801. The van der Waals surface area contributed by atoms with Crippen LogP contribution in [0.4, 0.5) is 0 Å². The van der Waals surface area contributed by atoms with Gasteiger partial charge in [0, 0.05) is 12.1 Å². The summed E-state index contributed by atoms with van der Waals surface area (Å²) in [5.74, 6) is -1.59. The molecule has 1 amide bonds. The molecule has 1 unspecified atom stereocenters. The minimum Gasteiger partial charge on any atom is -0.507 e. The van der Waals surface area contributed by atoms with Crippen molar-refractivity contribution in [1.82, 2.24) is 4.90 Å². The Bertz CT molecular complexity index is 1410. The van der Waals surface area contributed by atoms with Gasteiger partial charge in [0.1, 0.15) is 11.5 Å². The number of amides is 1. The normalized spacial score (nSPS) is 16.5. The first-order valence-corrected chi connectivity index (χ1v) is 13.0. The zero-order chi connectivity index (χ0) is 27.4. The van der Waals surface area contributed by atoms with Gasteiger partial charge in [-0.05, 0) is 70.7 Å². The summed E-state index contributed by atoms with van der Waals surface area (Å²) < 4.78 is 11.0. The van der Waals surface area contributed by atoms with Crippen molar-refractivity contribution in [2.24, 2.45) is 0 Å². The van der Waals surface area contributed by atoms with E-state index < -0.39 is 23.7 Å². The number of nitrogens with zero attached hydrogens (tertiary/aromatic N) is 1. The van der Waals surface area contributed by atoms with Crippen molar-refractivity contribution < 1.29 is 29.0 Å². The van der Waals surface area contributed by atoms with Gasteiger partial charge in [-0.3, -0.25) is 9.59 Å². The van der Waals surface area contributed by atoms with Crippen molar-refractivity contribution >= 4 is 39.3 Å². The smallest absolute Gasteiger partial charge is 0.338 e. The zero-order valence-electron chi connectivity index (χ0n) is 21.4. The molecule has 3 aromatic carbocycles. The Morgan fingerprint density at radius 3 is 2.37 bits per heavy atom. The van der Waals surface area contributed by atoms with Crippen LogP contribution in [0.15, 0.2) is 76.8 Å². The average molecular weight is 578 g/mol. The van der Waals surface area contributed by atoms with Gasteiger partial charge in [-0.1, -0.05) is 48.9 Å². The highest BCUT2D eigenvalue weighted by molar-refractivity contribution is 9.10. The number of rotatable bonds is 8. The lowest BCUT2D eigenvalue weighted by atomic mass is 9.94. The van der Waals surface area contributed by atoms with Crippen LogP contribution in [-0.4, -0.2) is 41.4 Å². The van der Waals surface area contributed by atoms with Gasteiger partial charge in [0.2, 0.25) is 0 Å². The number of hydrogen-bond acceptors (Lipinski definition) is 6. The number of likely N-dealkylation sites (tertiary alicyclic amines) is 1. The van der Waals surface area contributed by atoms with E-state index in [0.717, 1.165) is 17.5 Å². The van der Waals surface area contributed by atoms with Crippen LogP contribution in [0.25, 0.3) is 5.76 Å². The van der Waals surface area contributed by atoms with E-state index in [0.29, 0.717) is 33.5 Å². The van der Waals surface area contributed by atoms with Crippen LogP contribution in [0.3, 0.4) is 0 Å². The summed E-state index contributed by atoms with van der Waals surface area (Å²) in [7, 11) is 1.53. The Morgan fingerprint density at radius 2 is 1.74 bits per heavy atom. The Hall–Kier alpha value is -3.91. The number of aliphatic hydroxyl groups is 1. The van der Waals surface area contributed by atoms with Crippen molar-refractivity contribution in [1.29, 1.82) is 0 Å². The topological polar surface area (TPSA) is 93.1 Å². The molecule has 1 fully saturated rings. The van der Waals surface area contributed by atoms with Gasteiger partial charge in [-0.25, -0.2) is 4.79 Å². The van der Waals surface area contributed by atoms with Crippen molar-refractivity contribution in [3.8, 4) is 5.75 Å². The van der Waals surface area contributed by atoms with E-state index in [-0.39, 0.29) is 17.9 Å². The highest BCUT2D eigenvalue weighted by Crippen LogP contribution is 2.41. The third kappa shape index (κ3) is 5.50. The van der Waals surface area contributed by atoms with Crippen molar-refractivity contribution in [3.63, 3.8) is 0 Å². The molecule has 3 aromatic rings. The molecular weight excluding hydrogens is 550 g/mol. The molecule has 1 atom stereocenters. The minimum absolute atomic E-state index is 0.0115. The van der Waals surface area contributed by atoms with E-state index in [1.165, 1.54) is 12.0 Å². The molecule has 0 spiro atoms. The summed E-state index contributed by atoms with van der Waals surface area (Å²) in [6.45, 7) is 4.29. The summed E-state index contributed by atoms with van der Waals surface area (Å²) >= 11 is 3.41. The van der Waals surface area contributed by atoms with E-state index in [1.807, 2.05) is 38.1 Å². The van der Waals surface area contributed by atoms with E-state index in [1.54, 1.807) is 42.5 Å². The van der Waals surface area contributed by atoms with Crippen LogP contribution in [0, 0.1) is 6.92 Å². The molecule has 0 aromatic heterocycles. The summed E-state index contributed by atoms with van der Waals surface area (Å²) in [6.07, 6.45) is 0.728.